The van der Waals surface area contributed by atoms with Crippen molar-refractivity contribution in [3.8, 4) is 17.3 Å². The number of fused-ring (bicyclic) bond motifs is 2. The lowest BCUT2D eigenvalue weighted by atomic mass is 10.1. The molecule has 1 N–H and O–H groups in total. The molecule has 0 spiro atoms. The van der Waals surface area contributed by atoms with Crippen molar-refractivity contribution in [2.45, 2.75) is 39.2 Å². The molecule has 6 rings (SSSR count). The number of aromatic amines is 1. The summed E-state index contributed by atoms with van der Waals surface area (Å²) in [5.41, 5.74) is 4.25. The molecule has 168 valence electrons. The standard InChI is InChI=1S/C25H27N7O/c1-3-22-27-20-8-4-5-10-21(20)32(22)25-29-23(18-7-6-9-19-17(18)11-12-26-19)28-24(30-25)31-13-14-33-15-16(31)2/h5-7,9-12,16,26H,3-4,8,13-15H2,1-2H3. The molecule has 1 saturated heterocycles. The van der Waals surface area contributed by atoms with Crippen LogP contribution in [0.2, 0.25) is 0 Å². The van der Waals surface area contributed by atoms with E-state index in [0.29, 0.717) is 30.9 Å². The largest absolute Gasteiger partial charge is 0.377 e. The van der Waals surface area contributed by atoms with E-state index in [1.165, 1.54) is 0 Å². The van der Waals surface area contributed by atoms with Gasteiger partial charge in [0.1, 0.15) is 5.82 Å². The molecule has 1 aliphatic carbocycles. The van der Waals surface area contributed by atoms with Crippen LogP contribution in [0.25, 0.3) is 34.3 Å². The van der Waals surface area contributed by atoms with Crippen molar-refractivity contribution in [2.75, 3.05) is 24.7 Å². The maximum Gasteiger partial charge on any atom is 0.241 e. The van der Waals surface area contributed by atoms with Crippen molar-refractivity contribution < 1.29 is 4.74 Å². The normalized spacial score (nSPS) is 18.1. The van der Waals surface area contributed by atoms with Crippen molar-refractivity contribution in [1.29, 1.82) is 0 Å². The van der Waals surface area contributed by atoms with E-state index in [1.54, 1.807) is 0 Å². The van der Waals surface area contributed by atoms with Gasteiger partial charge in [-0.2, -0.15) is 15.0 Å². The van der Waals surface area contributed by atoms with Crippen LogP contribution in [0.15, 0.2) is 36.5 Å². The number of anilines is 1. The predicted molar refractivity (Wildman–Crippen MR) is 129 cm³/mol. The first-order chi connectivity index (χ1) is 16.2. The number of ether oxygens (including phenoxy) is 1. The monoisotopic (exact) mass is 441 g/mol. The van der Waals surface area contributed by atoms with Gasteiger partial charge in [-0.15, -0.1) is 0 Å². The third kappa shape index (κ3) is 3.41. The van der Waals surface area contributed by atoms with Gasteiger partial charge in [0.05, 0.1) is 30.6 Å². The number of imidazole rings is 1. The van der Waals surface area contributed by atoms with Crippen molar-refractivity contribution in [3.63, 3.8) is 0 Å². The predicted octanol–water partition coefficient (Wildman–Crippen LogP) is 3.95. The molecular weight excluding hydrogens is 414 g/mol. The molecule has 4 aromatic rings. The molecule has 1 aliphatic heterocycles. The van der Waals surface area contributed by atoms with E-state index in [2.05, 4.69) is 58.6 Å². The molecule has 8 nitrogen and oxygen atoms in total. The van der Waals surface area contributed by atoms with E-state index in [1.807, 2.05) is 12.3 Å². The van der Waals surface area contributed by atoms with E-state index in [4.69, 9.17) is 24.7 Å². The van der Waals surface area contributed by atoms with Crippen LogP contribution in [-0.2, 0) is 17.6 Å². The molecule has 0 radical (unpaired) electrons. The van der Waals surface area contributed by atoms with Gasteiger partial charge in [-0.1, -0.05) is 25.1 Å². The first kappa shape index (κ1) is 20.1. The fraction of sp³-hybridized carbons (Fsp3) is 0.360. The van der Waals surface area contributed by atoms with Crippen LogP contribution in [-0.4, -0.2) is 55.3 Å². The Hall–Kier alpha value is -3.52. The van der Waals surface area contributed by atoms with Gasteiger partial charge in [0, 0.05) is 35.6 Å². The molecule has 8 heteroatoms. The Labute approximate surface area is 192 Å². The lowest BCUT2D eigenvalue weighted by molar-refractivity contribution is 0.0980. The topological polar surface area (TPSA) is 84.8 Å². The average molecular weight is 442 g/mol. The summed E-state index contributed by atoms with van der Waals surface area (Å²) in [5, 5.41) is 1.10. The Morgan fingerprint density at radius 1 is 1.12 bits per heavy atom. The first-order valence-corrected chi connectivity index (χ1v) is 11.7. The smallest absolute Gasteiger partial charge is 0.241 e. The number of aromatic nitrogens is 6. The summed E-state index contributed by atoms with van der Waals surface area (Å²) >= 11 is 0. The molecule has 4 heterocycles. The van der Waals surface area contributed by atoms with Crippen LogP contribution in [0.3, 0.4) is 0 Å². The summed E-state index contributed by atoms with van der Waals surface area (Å²) in [4.78, 5) is 25.4. The highest BCUT2D eigenvalue weighted by atomic mass is 16.5. The maximum atomic E-state index is 5.67. The molecule has 0 saturated carbocycles. The highest BCUT2D eigenvalue weighted by Crippen LogP contribution is 2.30. The Bertz CT molecular complexity index is 1350. The van der Waals surface area contributed by atoms with Gasteiger partial charge in [-0.25, -0.2) is 4.98 Å². The zero-order chi connectivity index (χ0) is 22.4. The lowest BCUT2D eigenvalue weighted by Gasteiger charge is -2.33. The summed E-state index contributed by atoms with van der Waals surface area (Å²) in [7, 11) is 0. The number of H-pyrrole nitrogens is 1. The van der Waals surface area contributed by atoms with Gasteiger partial charge in [0.15, 0.2) is 5.82 Å². The number of nitrogens with zero attached hydrogens (tertiary/aromatic N) is 6. The van der Waals surface area contributed by atoms with Crippen molar-refractivity contribution >= 4 is 22.9 Å². The van der Waals surface area contributed by atoms with Gasteiger partial charge >= 0.3 is 0 Å². The minimum Gasteiger partial charge on any atom is -0.377 e. The number of hydrogen-bond acceptors (Lipinski definition) is 6. The van der Waals surface area contributed by atoms with Crippen LogP contribution in [0, 0.1) is 0 Å². The molecule has 3 aromatic heterocycles. The molecule has 33 heavy (non-hydrogen) atoms. The summed E-state index contributed by atoms with van der Waals surface area (Å²) in [6, 6.07) is 8.44. The minimum atomic E-state index is 0.187. The zero-order valence-electron chi connectivity index (χ0n) is 19.0. The van der Waals surface area contributed by atoms with Crippen molar-refractivity contribution in [1.82, 2.24) is 29.5 Å². The van der Waals surface area contributed by atoms with E-state index in [9.17, 15) is 0 Å². The number of aryl methyl sites for hydroxylation is 2. The second-order valence-electron chi connectivity index (χ2n) is 8.61. The van der Waals surface area contributed by atoms with Crippen molar-refractivity contribution in [2.24, 2.45) is 0 Å². The van der Waals surface area contributed by atoms with E-state index in [-0.39, 0.29) is 6.04 Å². The van der Waals surface area contributed by atoms with Gasteiger partial charge in [0.25, 0.3) is 0 Å². The quantitative estimate of drug-likeness (QED) is 0.516. The number of allylic oxidation sites excluding steroid dienone is 1. The van der Waals surface area contributed by atoms with Crippen LogP contribution in [0.5, 0.6) is 0 Å². The number of nitrogens with one attached hydrogen (secondary N) is 1. The number of rotatable bonds is 4. The number of benzene rings is 1. The van der Waals surface area contributed by atoms with Gasteiger partial charge < -0.3 is 14.6 Å². The Balaban J connectivity index is 1.59. The Morgan fingerprint density at radius 3 is 2.91 bits per heavy atom. The van der Waals surface area contributed by atoms with E-state index in [0.717, 1.165) is 59.5 Å². The molecule has 2 aliphatic rings. The maximum absolute atomic E-state index is 5.67. The lowest BCUT2D eigenvalue weighted by Crippen LogP contribution is -2.44. The minimum absolute atomic E-state index is 0.187. The zero-order valence-corrected chi connectivity index (χ0v) is 19.0. The fourth-order valence-electron chi connectivity index (χ4n) is 4.77. The summed E-state index contributed by atoms with van der Waals surface area (Å²) in [6.07, 6.45) is 9.07. The third-order valence-electron chi connectivity index (χ3n) is 6.47. The average Bonchev–Trinajstić information content (AvgIpc) is 3.48. The number of hydrogen-bond donors (Lipinski definition) is 1. The molecule has 1 unspecified atom stereocenters. The van der Waals surface area contributed by atoms with Crippen LogP contribution in [0.1, 0.15) is 37.5 Å². The highest BCUT2D eigenvalue weighted by molar-refractivity contribution is 5.93. The van der Waals surface area contributed by atoms with Gasteiger partial charge in [-0.05, 0) is 38.0 Å². The second-order valence-corrected chi connectivity index (χ2v) is 8.61. The molecular formula is C25H27N7O. The molecule has 0 amide bonds. The van der Waals surface area contributed by atoms with Crippen LogP contribution in [0.4, 0.5) is 5.95 Å². The Kier molecular flexibility index (Phi) is 4.95. The Morgan fingerprint density at radius 2 is 2.03 bits per heavy atom. The second kappa shape index (κ2) is 8.12. The van der Waals surface area contributed by atoms with Crippen LogP contribution < -0.4 is 4.90 Å². The van der Waals surface area contributed by atoms with Gasteiger partial charge in [0.2, 0.25) is 11.9 Å². The first-order valence-electron chi connectivity index (χ1n) is 11.7. The summed E-state index contributed by atoms with van der Waals surface area (Å²) in [5.74, 6) is 2.95. The van der Waals surface area contributed by atoms with E-state index < -0.39 is 0 Å². The summed E-state index contributed by atoms with van der Waals surface area (Å²) < 4.78 is 7.78. The highest BCUT2D eigenvalue weighted by Gasteiger charge is 2.26. The van der Waals surface area contributed by atoms with Crippen molar-refractivity contribution in [3.05, 3.63) is 53.8 Å². The third-order valence-corrected chi connectivity index (χ3v) is 6.47. The molecule has 0 bridgehead atoms. The molecule has 1 aromatic carbocycles. The SMILES string of the molecule is CCc1nc2c(n1-c1nc(-c3cccc4[nH]ccc34)nc(N3CCOCC3C)n1)C=CCC2. The van der Waals surface area contributed by atoms with E-state index >= 15 is 0 Å². The molecule has 1 atom stereocenters. The van der Waals surface area contributed by atoms with Gasteiger partial charge in [-0.3, -0.25) is 4.57 Å². The number of morpholine rings is 1. The fourth-order valence-corrected chi connectivity index (χ4v) is 4.77. The summed E-state index contributed by atoms with van der Waals surface area (Å²) in [6.45, 7) is 6.35. The molecule has 1 fully saturated rings. The van der Waals surface area contributed by atoms with Crippen LogP contribution >= 0.6 is 0 Å².